The topological polar surface area (TPSA) is 82.1 Å². The number of hydrogen-bond donors (Lipinski definition) is 1. The SMILES string of the molecule is CC(=O)OC1C(O)O[C@H](C)[C@H]1OC(C)=O. The summed E-state index contributed by atoms with van der Waals surface area (Å²) in [6, 6.07) is 0. The average Bonchev–Trinajstić information content (AvgIpc) is 2.30. The minimum absolute atomic E-state index is 0.506. The van der Waals surface area contributed by atoms with Crippen molar-refractivity contribution >= 4 is 11.9 Å². The first-order valence-electron chi connectivity index (χ1n) is 4.59. The lowest BCUT2D eigenvalue weighted by molar-refractivity contribution is -0.174. The van der Waals surface area contributed by atoms with E-state index < -0.39 is 36.5 Å². The minimum atomic E-state index is -1.26. The van der Waals surface area contributed by atoms with Crippen molar-refractivity contribution in [1.29, 1.82) is 0 Å². The summed E-state index contributed by atoms with van der Waals surface area (Å²) in [5, 5.41) is 9.40. The summed E-state index contributed by atoms with van der Waals surface area (Å²) >= 11 is 0. The van der Waals surface area contributed by atoms with E-state index in [9.17, 15) is 14.7 Å². The fourth-order valence-electron chi connectivity index (χ4n) is 1.48. The fourth-order valence-corrected chi connectivity index (χ4v) is 1.48. The van der Waals surface area contributed by atoms with Crippen LogP contribution >= 0.6 is 0 Å². The van der Waals surface area contributed by atoms with E-state index in [-0.39, 0.29) is 0 Å². The lowest BCUT2D eigenvalue weighted by Gasteiger charge is -2.20. The van der Waals surface area contributed by atoms with Gasteiger partial charge in [0.1, 0.15) is 0 Å². The lowest BCUT2D eigenvalue weighted by atomic mass is 10.1. The van der Waals surface area contributed by atoms with Gasteiger partial charge in [-0.25, -0.2) is 0 Å². The Labute approximate surface area is 87.1 Å². The van der Waals surface area contributed by atoms with Crippen LogP contribution in [0.4, 0.5) is 0 Å². The molecule has 1 N–H and O–H groups in total. The smallest absolute Gasteiger partial charge is 0.303 e. The molecule has 0 radical (unpaired) electrons. The summed E-state index contributed by atoms with van der Waals surface area (Å²) < 4.78 is 14.7. The van der Waals surface area contributed by atoms with Crippen LogP contribution in [-0.4, -0.2) is 41.6 Å². The third-order valence-corrected chi connectivity index (χ3v) is 2.03. The molecule has 1 fully saturated rings. The fraction of sp³-hybridized carbons (Fsp3) is 0.778. The Morgan fingerprint density at radius 1 is 1.13 bits per heavy atom. The van der Waals surface area contributed by atoms with E-state index >= 15 is 0 Å². The molecule has 0 bridgehead atoms. The van der Waals surface area contributed by atoms with Gasteiger partial charge in [-0.05, 0) is 6.92 Å². The number of aliphatic hydroxyl groups is 1. The molecular formula is C9H14O6. The Bertz CT molecular complexity index is 237. The summed E-state index contributed by atoms with van der Waals surface area (Å²) in [4.78, 5) is 21.5. The van der Waals surface area contributed by atoms with E-state index in [2.05, 4.69) is 0 Å². The summed E-state index contributed by atoms with van der Waals surface area (Å²) in [6.45, 7) is 4.07. The van der Waals surface area contributed by atoms with Crippen molar-refractivity contribution in [1.82, 2.24) is 0 Å². The van der Waals surface area contributed by atoms with Gasteiger partial charge in [0.05, 0.1) is 6.10 Å². The van der Waals surface area contributed by atoms with E-state index in [0.29, 0.717) is 0 Å². The third kappa shape index (κ3) is 2.90. The predicted octanol–water partition coefficient (Wildman–Crippen LogP) is -0.413. The Balaban J connectivity index is 2.70. The highest BCUT2D eigenvalue weighted by Crippen LogP contribution is 2.25. The standard InChI is InChI=1S/C9H14O6/c1-4-7(14-5(2)10)8(9(12)13-4)15-6(3)11/h4,7-9,12H,1-3H3/t4-,7-,8?,9?/m1/s1. The molecule has 0 aromatic heterocycles. The monoisotopic (exact) mass is 218 g/mol. The van der Waals surface area contributed by atoms with Crippen LogP contribution in [-0.2, 0) is 23.8 Å². The number of aliphatic hydroxyl groups excluding tert-OH is 1. The first-order valence-corrected chi connectivity index (χ1v) is 4.59. The maximum Gasteiger partial charge on any atom is 0.303 e. The number of esters is 2. The predicted molar refractivity (Wildman–Crippen MR) is 47.7 cm³/mol. The number of carbonyl (C=O) groups excluding carboxylic acids is 2. The second-order valence-electron chi connectivity index (χ2n) is 3.38. The average molecular weight is 218 g/mol. The summed E-state index contributed by atoms with van der Waals surface area (Å²) in [6.07, 6.45) is -3.48. The zero-order chi connectivity index (χ0) is 11.6. The van der Waals surface area contributed by atoms with Crippen molar-refractivity contribution in [2.24, 2.45) is 0 Å². The molecular weight excluding hydrogens is 204 g/mol. The zero-order valence-electron chi connectivity index (χ0n) is 8.80. The lowest BCUT2D eigenvalue weighted by Crippen LogP contribution is -2.39. The van der Waals surface area contributed by atoms with Crippen molar-refractivity contribution in [3.63, 3.8) is 0 Å². The molecule has 0 aliphatic carbocycles. The Morgan fingerprint density at radius 2 is 1.60 bits per heavy atom. The van der Waals surface area contributed by atoms with Crippen LogP contribution in [0.5, 0.6) is 0 Å². The molecule has 6 heteroatoms. The van der Waals surface area contributed by atoms with Crippen molar-refractivity contribution in [2.45, 2.75) is 45.4 Å². The summed E-state index contributed by atoms with van der Waals surface area (Å²) in [5.74, 6) is -1.07. The molecule has 1 aliphatic rings. The van der Waals surface area contributed by atoms with Gasteiger partial charge in [0.25, 0.3) is 0 Å². The van der Waals surface area contributed by atoms with Crippen LogP contribution < -0.4 is 0 Å². The van der Waals surface area contributed by atoms with Crippen LogP contribution in [0.15, 0.2) is 0 Å². The number of ether oxygens (including phenoxy) is 3. The maximum atomic E-state index is 10.8. The van der Waals surface area contributed by atoms with Crippen LogP contribution in [0.25, 0.3) is 0 Å². The molecule has 15 heavy (non-hydrogen) atoms. The van der Waals surface area contributed by atoms with Gasteiger partial charge in [-0.3, -0.25) is 9.59 Å². The van der Waals surface area contributed by atoms with E-state index in [4.69, 9.17) is 14.2 Å². The van der Waals surface area contributed by atoms with Crippen molar-refractivity contribution in [3.8, 4) is 0 Å². The van der Waals surface area contributed by atoms with Crippen molar-refractivity contribution in [3.05, 3.63) is 0 Å². The number of hydrogen-bond acceptors (Lipinski definition) is 6. The van der Waals surface area contributed by atoms with E-state index in [1.54, 1.807) is 6.92 Å². The van der Waals surface area contributed by atoms with Crippen LogP contribution in [0.1, 0.15) is 20.8 Å². The van der Waals surface area contributed by atoms with Gasteiger partial charge < -0.3 is 19.3 Å². The maximum absolute atomic E-state index is 10.8. The summed E-state index contributed by atoms with van der Waals surface area (Å²) in [7, 11) is 0. The molecule has 0 spiro atoms. The van der Waals surface area contributed by atoms with Gasteiger partial charge in [0.15, 0.2) is 18.5 Å². The Kier molecular flexibility index (Phi) is 3.65. The van der Waals surface area contributed by atoms with Gasteiger partial charge in [-0.15, -0.1) is 0 Å². The normalized spacial score (nSPS) is 34.9. The molecule has 0 aromatic rings. The second-order valence-corrected chi connectivity index (χ2v) is 3.38. The highest BCUT2D eigenvalue weighted by Gasteiger charge is 2.46. The van der Waals surface area contributed by atoms with Crippen LogP contribution in [0.2, 0.25) is 0 Å². The second kappa shape index (κ2) is 4.59. The molecule has 0 amide bonds. The van der Waals surface area contributed by atoms with Crippen LogP contribution in [0, 0.1) is 0 Å². The molecule has 0 aromatic carbocycles. The molecule has 1 saturated heterocycles. The van der Waals surface area contributed by atoms with Gasteiger partial charge >= 0.3 is 11.9 Å². The van der Waals surface area contributed by atoms with Gasteiger partial charge in [0.2, 0.25) is 0 Å². The summed E-state index contributed by atoms with van der Waals surface area (Å²) in [5.41, 5.74) is 0. The third-order valence-electron chi connectivity index (χ3n) is 2.03. The molecule has 1 rings (SSSR count). The Hall–Kier alpha value is -1.14. The largest absolute Gasteiger partial charge is 0.456 e. The first-order chi connectivity index (χ1) is 6.91. The minimum Gasteiger partial charge on any atom is -0.456 e. The highest BCUT2D eigenvalue weighted by atomic mass is 16.7. The molecule has 1 aliphatic heterocycles. The zero-order valence-corrected chi connectivity index (χ0v) is 8.80. The van der Waals surface area contributed by atoms with Crippen molar-refractivity contribution in [2.75, 3.05) is 0 Å². The van der Waals surface area contributed by atoms with Gasteiger partial charge in [0, 0.05) is 13.8 Å². The van der Waals surface area contributed by atoms with Gasteiger partial charge in [-0.1, -0.05) is 0 Å². The number of carbonyl (C=O) groups is 2. The highest BCUT2D eigenvalue weighted by molar-refractivity contribution is 5.67. The van der Waals surface area contributed by atoms with Gasteiger partial charge in [-0.2, -0.15) is 0 Å². The first kappa shape index (κ1) is 11.9. The van der Waals surface area contributed by atoms with E-state index in [0.717, 1.165) is 0 Å². The molecule has 1 heterocycles. The van der Waals surface area contributed by atoms with E-state index in [1.807, 2.05) is 0 Å². The molecule has 4 atom stereocenters. The van der Waals surface area contributed by atoms with E-state index in [1.165, 1.54) is 13.8 Å². The number of rotatable bonds is 2. The molecule has 86 valence electrons. The molecule has 6 nitrogen and oxygen atoms in total. The van der Waals surface area contributed by atoms with Crippen molar-refractivity contribution < 1.29 is 28.9 Å². The Morgan fingerprint density at radius 3 is 2.07 bits per heavy atom. The molecule has 2 unspecified atom stereocenters. The molecule has 0 saturated carbocycles. The van der Waals surface area contributed by atoms with Crippen LogP contribution in [0.3, 0.4) is 0 Å². The quantitative estimate of drug-likeness (QED) is 0.634.